The highest BCUT2D eigenvalue weighted by atomic mass is 16.5. The summed E-state index contributed by atoms with van der Waals surface area (Å²) in [7, 11) is 0. The van der Waals surface area contributed by atoms with Crippen LogP contribution >= 0.6 is 0 Å². The second-order valence-electron chi connectivity index (χ2n) is 7.89. The number of hydrogen-bond acceptors (Lipinski definition) is 3. The quantitative estimate of drug-likeness (QED) is 0.625. The lowest BCUT2D eigenvalue weighted by Crippen LogP contribution is -2.44. The molecule has 3 aromatic carbocycles. The van der Waals surface area contributed by atoms with Gasteiger partial charge in [-0.05, 0) is 49.6 Å². The smallest absolute Gasteiger partial charge is 0.268 e. The molecule has 158 valence electrons. The standard InChI is InChI=1S/C26H26N2O3/c1-18-8-10-21(11-9-18)17-28-23-16-22(13-14-24(23)31-19(2)26(28)30)27-25(29)15-12-20-6-4-3-5-7-20/h3-11,13-14,16,19H,12,15,17H2,1-2H3,(H,27,29). The van der Waals surface area contributed by atoms with Crippen LogP contribution in [0.4, 0.5) is 11.4 Å². The molecular formula is C26H26N2O3. The number of carbonyl (C=O) groups excluding carboxylic acids is 2. The molecule has 1 atom stereocenters. The Morgan fingerprint density at radius 3 is 2.48 bits per heavy atom. The Kier molecular flexibility index (Phi) is 6.03. The summed E-state index contributed by atoms with van der Waals surface area (Å²) in [5.41, 5.74) is 4.66. The molecule has 0 bridgehead atoms. The Balaban J connectivity index is 1.50. The first-order valence-electron chi connectivity index (χ1n) is 10.5. The van der Waals surface area contributed by atoms with Crippen LogP contribution in [0, 0.1) is 6.92 Å². The minimum absolute atomic E-state index is 0.0645. The molecule has 1 aliphatic heterocycles. The monoisotopic (exact) mass is 414 g/mol. The second-order valence-corrected chi connectivity index (χ2v) is 7.89. The predicted molar refractivity (Wildman–Crippen MR) is 122 cm³/mol. The number of nitrogens with one attached hydrogen (secondary N) is 1. The first kappa shape index (κ1) is 20.7. The fourth-order valence-corrected chi connectivity index (χ4v) is 3.65. The highest BCUT2D eigenvalue weighted by Gasteiger charge is 2.31. The molecule has 31 heavy (non-hydrogen) atoms. The van der Waals surface area contributed by atoms with E-state index in [0.717, 1.165) is 11.1 Å². The number of aryl methyl sites for hydroxylation is 2. The number of hydrogen-bond donors (Lipinski definition) is 1. The van der Waals surface area contributed by atoms with Crippen LogP contribution in [0.5, 0.6) is 5.75 Å². The molecule has 0 fully saturated rings. The van der Waals surface area contributed by atoms with Gasteiger partial charge in [-0.15, -0.1) is 0 Å². The van der Waals surface area contributed by atoms with Crippen LogP contribution in [0.3, 0.4) is 0 Å². The fraction of sp³-hybridized carbons (Fsp3) is 0.231. The molecule has 1 unspecified atom stereocenters. The van der Waals surface area contributed by atoms with Gasteiger partial charge in [-0.1, -0.05) is 60.2 Å². The lowest BCUT2D eigenvalue weighted by atomic mass is 10.1. The third-order valence-corrected chi connectivity index (χ3v) is 5.40. The zero-order valence-corrected chi connectivity index (χ0v) is 17.8. The van der Waals surface area contributed by atoms with E-state index in [0.29, 0.717) is 36.5 Å². The summed E-state index contributed by atoms with van der Waals surface area (Å²) in [5.74, 6) is 0.479. The average molecular weight is 415 g/mol. The zero-order chi connectivity index (χ0) is 21.8. The molecule has 0 aliphatic carbocycles. The number of ether oxygens (including phenoxy) is 1. The van der Waals surface area contributed by atoms with Gasteiger partial charge in [-0.25, -0.2) is 0 Å². The van der Waals surface area contributed by atoms with E-state index in [2.05, 4.69) is 5.32 Å². The predicted octanol–water partition coefficient (Wildman–Crippen LogP) is 4.88. The zero-order valence-electron chi connectivity index (χ0n) is 17.8. The summed E-state index contributed by atoms with van der Waals surface area (Å²) in [6.45, 7) is 4.24. The Morgan fingerprint density at radius 1 is 1.00 bits per heavy atom. The molecule has 0 radical (unpaired) electrons. The van der Waals surface area contributed by atoms with Gasteiger partial charge in [0.15, 0.2) is 6.10 Å². The summed E-state index contributed by atoms with van der Waals surface area (Å²) < 4.78 is 5.79. The lowest BCUT2D eigenvalue weighted by Gasteiger charge is -2.33. The molecule has 5 heteroatoms. The maximum Gasteiger partial charge on any atom is 0.268 e. The number of fused-ring (bicyclic) bond motifs is 1. The van der Waals surface area contributed by atoms with Gasteiger partial charge in [0.05, 0.1) is 12.2 Å². The Morgan fingerprint density at radius 2 is 1.74 bits per heavy atom. The maximum absolute atomic E-state index is 12.9. The molecule has 1 aliphatic rings. The summed E-state index contributed by atoms with van der Waals surface area (Å²) in [6, 6.07) is 23.5. The minimum atomic E-state index is -0.552. The number of nitrogens with zero attached hydrogens (tertiary/aromatic N) is 1. The first-order valence-corrected chi connectivity index (χ1v) is 10.5. The summed E-state index contributed by atoms with van der Waals surface area (Å²) in [4.78, 5) is 27.0. The Bertz CT molecular complexity index is 1080. The van der Waals surface area contributed by atoms with Gasteiger partial charge in [0.25, 0.3) is 5.91 Å². The van der Waals surface area contributed by atoms with Crippen LogP contribution in [-0.4, -0.2) is 17.9 Å². The molecule has 2 amide bonds. The van der Waals surface area contributed by atoms with Crippen LogP contribution < -0.4 is 15.0 Å². The van der Waals surface area contributed by atoms with Gasteiger partial charge in [0.1, 0.15) is 5.75 Å². The molecule has 0 saturated carbocycles. The van der Waals surface area contributed by atoms with E-state index in [9.17, 15) is 9.59 Å². The van der Waals surface area contributed by atoms with Crippen molar-refractivity contribution in [1.29, 1.82) is 0 Å². The van der Waals surface area contributed by atoms with Crippen LogP contribution in [0.1, 0.15) is 30.0 Å². The van der Waals surface area contributed by atoms with E-state index in [4.69, 9.17) is 4.74 Å². The highest BCUT2D eigenvalue weighted by Crippen LogP contribution is 2.37. The van der Waals surface area contributed by atoms with Crippen LogP contribution in [0.15, 0.2) is 72.8 Å². The highest BCUT2D eigenvalue weighted by molar-refractivity contribution is 6.01. The van der Waals surface area contributed by atoms with Gasteiger partial charge in [0.2, 0.25) is 5.91 Å². The van der Waals surface area contributed by atoms with Crippen LogP contribution in [0.2, 0.25) is 0 Å². The summed E-state index contributed by atoms with van der Waals surface area (Å²) >= 11 is 0. The van der Waals surface area contributed by atoms with E-state index in [-0.39, 0.29) is 11.8 Å². The van der Waals surface area contributed by atoms with Crippen molar-refractivity contribution < 1.29 is 14.3 Å². The molecule has 0 spiro atoms. The lowest BCUT2D eigenvalue weighted by molar-refractivity contribution is -0.125. The second kappa shape index (κ2) is 9.04. The van der Waals surface area contributed by atoms with Crippen molar-refractivity contribution in [2.45, 2.75) is 39.3 Å². The van der Waals surface area contributed by atoms with E-state index in [1.54, 1.807) is 11.8 Å². The molecular weight excluding hydrogens is 388 g/mol. The Hall–Kier alpha value is -3.60. The van der Waals surface area contributed by atoms with Crippen LogP contribution in [0.25, 0.3) is 0 Å². The molecule has 4 rings (SSSR count). The normalized spacial score (nSPS) is 15.2. The third kappa shape index (κ3) is 4.94. The Labute approximate surface area is 182 Å². The summed E-state index contributed by atoms with van der Waals surface area (Å²) in [6.07, 6.45) is 0.515. The van der Waals surface area contributed by atoms with E-state index in [1.807, 2.05) is 79.7 Å². The topological polar surface area (TPSA) is 58.6 Å². The molecule has 0 saturated heterocycles. The third-order valence-electron chi connectivity index (χ3n) is 5.40. The molecule has 5 nitrogen and oxygen atoms in total. The van der Waals surface area contributed by atoms with Crippen molar-refractivity contribution in [1.82, 2.24) is 0 Å². The van der Waals surface area contributed by atoms with Gasteiger partial charge in [-0.2, -0.15) is 0 Å². The average Bonchev–Trinajstić information content (AvgIpc) is 2.78. The molecule has 0 aromatic heterocycles. The van der Waals surface area contributed by atoms with Gasteiger partial charge in [0, 0.05) is 12.1 Å². The van der Waals surface area contributed by atoms with Crippen molar-refractivity contribution in [3.05, 3.63) is 89.5 Å². The van der Waals surface area contributed by atoms with Gasteiger partial charge >= 0.3 is 0 Å². The van der Waals surface area contributed by atoms with E-state index < -0.39 is 6.10 Å². The number of amides is 2. The van der Waals surface area contributed by atoms with Crippen molar-refractivity contribution in [3.63, 3.8) is 0 Å². The maximum atomic E-state index is 12.9. The number of carbonyl (C=O) groups is 2. The molecule has 1 heterocycles. The first-order chi connectivity index (χ1) is 15.0. The molecule has 3 aromatic rings. The van der Waals surface area contributed by atoms with E-state index in [1.165, 1.54) is 5.56 Å². The molecule has 1 N–H and O–H groups in total. The van der Waals surface area contributed by atoms with E-state index >= 15 is 0 Å². The number of rotatable bonds is 6. The van der Waals surface area contributed by atoms with Crippen LogP contribution in [-0.2, 0) is 22.6 Å². The number of benzene rings is 3. The van der Waals surface area contributed by atoms with Gasteiger partial charge < -0.3 is 15.0 Å². The van der Waals surface area contributed by atoms with Crippen molar-refractivity contribution in [2.24, 2.45) is 0 Å². The van der Waals surface area contributed by atoms with Gasteiger partial charge in [-0.3, -0.25) is 9.59 Å². The number of anilines is 2. The van der Waals surface area contributed by atoms with Crippen molar-refractivity contribution in [2.75, 3.05) is 10.2 Å². The largest absolute Gasteiger partial charge is 0.479 e. The fourth-order valence-electron chi connectivity index (χ4n) is 3.65. The van der Waals surface area contributed by atoms with Crippen molar-refractivity contribution >= 4 is 23.2 Å². The minimum Gasteiger partial charge on any atom is -0.479 e. The van der Waals surface area contributed by atoms with Crippen molar-refractivity contribution in [3.8, 4) is 5.75 Å². The summed E-state index contributed by atoms with van der Waals surface area (Å²) in [5, 5.41) is 2.95. The SMILES string of the molecule is Cc1ccc(CN2C(=O)C(C)Oc3ccc(NC(=O)CCc4ccccc4)cc32)cc1.